The molecule has 3 aromatic rings. The molecule has 27 heavy (non-hydrogen) atoms. The molecule has 3 rings (SSSR count). The Balaban J connectivity index is 1.82. The lowest BCUT2D eigenvalue weighted by atomic mass is 10.3. The summed E-state index contributed by atoms with van der Waals surface area (Å²) < 4.78 is 45.6. The lowest BCUT2D eigenvalue weighted by molar-refractivity contribution is 0.462. The Kier molecular flexibility index (Phi) is 5.05. The summed E-state index contributed by atoms with van der Waals surface area (Å²) in [5.41, 5.74) is 0.559. The number of ether oxygens (including phenoxy) is 1. The van der Waals surface area contributed by atoms with Crippen LogP contribution in [-0.2, 0) is 10.0 Å². The van der Waals surface area contributed by atoms with Crippen LogP contribution in [0.2, 0.25) is 0 Å². The van der Waals surface area contributed by atoms with Crippen molar-refractivity contribution in [1.82, 2.24) is 4.98 Å². The summed E-state index contributed by atoms with van der Waals surface area (Å²) in [5.74, 6) is -0.153. The van der Waals surface area contributed by atoms with Crippen molar-refractivity contribution < 1.29 is 17.5 Å². The molecule has 0 saturated carbocycles. The number of hydrogen-bond acceptors (Lipinski definition) is 5. The van der Waals surface area contributed by atoms with E-state index in [0.29, 0.717) is 11.4 Å². The highest BCUT2D eigenvalue weighted by molar-refractivity contribution is 7.92. The number of pyridine rings is 1. The second-order valence-electron chi connectivity index (χ2n) is 5.47. The van der Waals surface area contributed by atoms with Crippen molar-refractivity contribution in [2.24, 2.45) is 0 Å². The van der Waals surface area contributed by atoms with Gasteiger partial charge >= 0.3 is 0 Å². The molecule has 136 valence electrons. The molecule has 0 saturated heterocycles. The topological polar surface area (TPSA) is 83.3 Å². The maximum Gasteiger partial charge on any atom is 0.266 e. The van der Waals surface area contributed by atoms with Crippen molar-refractivity contribution in [2.45, 2.75) is 4.90 Å². The first kappa shape index (κ1) is 18.4. The monoisotopic (exact) mass is 383 g/mol. The predicted molar refractivity (Wildman–Crippen MR) is 97.5 cm³/mol. The van der Waals surface area contributed by atoms with Crippen LogP contribution in [0.15, 0.2) is 71.6 Å². The molecule has 0 aliphatic carbocycles. The van der Waals surface area contributed by atoms with E-state index >= 15 is 0 Å². The van der Waals surface area contributed by atoms with E-state index in [1.165, 1.54) is 37.4 Å². The zero-order chi connectivity index (χ0) is 19.4. The molecule has 0 N–H and O–H groups in total. The molecule has 2 aromatic carbocycles. The van der Waals surface area contributed by atoms with Crippen molar-refractivity contribution in [3.05, 3.63) is 78.2 Å². The maximum atomic E-state index is 13.9. The molecule has 0 fully saturated rings. The van der Waals surface area contributed by atoms with Gasteiger partial charge in [-0.3, -0.25) is 4.31 Å². The normalized spacial score (nSPS) is 10.9. The first-order valence-corrected chi connectivity index (χ1v) is 9.24. The number of halogens is 1. The Labute approximate surface area is 156 Å². The third-order valence-electron chi connectivity index (χ3n) is 3.74. The van der Waals surface area contributed by atoms with E-state index < -0.39 is 20.7 Å². The molecule has 0 aliphatic heterocycles. The smallest absolute Gasteiger partial charge is 0.266 e. The molecule has 6 nitrogen and oxygen atoms in total. The van der Waals surface area contributed by atoms with Gasteiger partial charge in [-0.05, 0) is 42.5 Å². The van der Waals surface area contributed by atoms with Gasteiger partial charge in [-0.2, -0.15) is 5.26 Å². The van der Waals surface area contributed by atoms with Crippen molar-refractivity contribution in [3.8, 4) is 17.7 Å². The SMILES string of the molecule is CN(c1ccc(Oc2cccc(C#N)n2)cc1)S(=O)(=O)c1ccccc1F. The Morgan fingerprint density at radius 1 is 1.04 bits per heavy atom. The van der Waals surface area contributed by atoms with Crippen LogP contribution in [0.25, 0.3) is 0 Å². The molecule has 1 aromatic heterocycles. The van der Waals surface area contributed by atoms with E-state index in [1.54, 1.807) is 30.3 Å². The van der Waals surface area contributed by atoms with E-state index in [0.717, 1.165) is 10.4 Å². The van der Waals surface area contributed by atoms with Crippen LogP contribution in [0.1, 0.15) is 5.69 Å². The molecule has 8 heteroatoms. The van der Waals surface area contributed by atoms with Gasteiger partial charge in [0.25, 0.3) is 10.0 Å². The van der Waals surface area contributed by atoms with Crippen LogP contribution in [-0.4, -0.2) is 20.4 Å². The number of anilines is 1. The molecule has 0 spiro atoms. The lowest BCUT2D eigenvalue weighted by Crippen LogP contribution is -2.27. The number of aromatic nitrogens is 1. The fraction of sp³-hybridized carbons (Fsp3) is 0.0526. The summed E-state index contributed by atoms with van der Waals surface area (Å²) in [6, 6.07) is 18.1. The van der Waals surface area contributed by atoms with Gasteiger partial charge in [-0.1, -0.05) is 18.2 Å². The third-order valence-corrected chi connectivity index (χ3v) is 5.55. The van der Waals surface area contributed by atoms with Gasteiger partial charge in [0.05, 0.1) is 5.69 Å². The molecule has 0 atom stereocenters. The highest BCUT2D eigenvalue weighted by Crippen LogP contribution is 2.27. The number of nitriles is 1. The van der Waals surface area contributed by atoms with E-state index in [4.69, 9.17) is 10.00 Å². The third kappa shape index (κ3) is 3.88. The summed E-state index contributed by atoms with van der Waals surface area (Å²) in [5, 5.41) is 8.86. The highest BCUT2D eigenvalue weighted by Gasteiger charge is 2.24. The zero-order valence-corrected chi connectivity index (χ0v) is 15.0. The average Bonchev–Trinajstić information content (AvgIpc) is 2.68. The maximum absolute atomic E-state index is 13.9. The molecular weight excluding hydrogens is 369 g/mol. The summed E-state index contributed by atoms with van der Waals surface area (Å²) in [4.78, 5) is 3.60. The standard InChI is InChI=1S/C19H14FN3O3S/c1-23(27(24,25)18-7-3-2-6-17(18)20)15-9-11-16(12-10-15)26-19-8-4-5-14(13-21)22-19/h2-12H,1H3. The molecule has 0 unspecified atom stereocenters. The number of benzene rings is 2. The number of rotatable bonds is 5. The summed E-state index contributed by atoms with van der Waals surface area (Å²) in [6.45, 7) is 0. The zero-order valence-electron chi connectivity index (χ0n) is 14.2. The second-order valence-corrected chi connectivity index (χ2v) is 7.41. The first-order valence-electron chi connectivity index (χ1n) is 7.80. The van der Waals surface area contributed by atoms with E-state index in [-0.39, 0.29) is 11.6 Å². The number of sulfonamides is 1. The van der Waals surface area contributed by atoms with Crippen LogP contribution >= 0.6 is 0 Å². The van der Waals surface area contributed by atoms with Gasteiger partial charge in [0.1, 0.15) is 28.2 Å². The molecule has 0 bridgehead atoms. The van der Waals surface area contributed by atoms with Crippen LogP contribution < -0.4 is 9.04 Å². The highest BCUT2D eigenvalue weighted by atomic mass is 32.2. The summed E-state index contributed by atoms with van der Waals surface area (Å²) >= 11 is 0. The van der Waals surface area contributed by atoms with Gasteiger partial charge in [-0.25, -0.2) is 17.8 Å². The van der Waals surface area contributed by atoms with Crippen molar-refractivity contribution in [1.29, 1.82) is 5.26 Å². The Morgan fingerprint density at radius 3 is 2.41 bits per heavy atom. The quantitative estimate of drug-likeness (QED) is 0.671. The van der Waals surface area contributed by atoms with Crippen molar-refractivity contribution in [3.63, 3.8) is 0 Å². The minimum Gasteiger partial charge on any atom is -0.439 e. The Bertz CT molecular complexity index is 1110. The Hall–Kier alpha value is -3.44. The predicted octanol–water partition coefficient (Wildman–Crippen LogP) is 3.71. The summed E-state index contributed by atoms with van der Waals surface area (Å²) in [7, 11) is -2.69. The van der Waals surface area contributed by atoms with Crippen LogP contribution in [0.5, 0.6) is 11.6 Å². The fourth-order valence-corrected chi connectivity index (χ4v) is 3.58. The second kappa shape index (κ2) is 7.43. The molecule has 0 radical (unpaired) electrons. The van der Waals surface area contributed by atoms with Crippen molar-refractivity contribution in [2.75, 3.05) is 11.4 Å². The molecule has 0 amide bonds. The van der Waals surface area contributed by atoms with Crippen LogP contribution in [0, 0.1) is 17.1 Å². The van der Waals surface area contributed by atoms with Crippen molar-refractivity contribution >= 4 is 15.7 Å². The van der Waals surface area contributed by atoms with Gasteiger partial charge in [0, 0.05) is 13.1 Å². The minimum atomic E-state index is -4.03. The number of hydrogen-bond donors (Lipinski definition) is 0. The van der Waals surface area contributed by atoms with Gasteiger partial charge in [-0.15, -0.1) is 0 Å². The molecule has 0 aliphatic rings. The van der Waals surface area contributed by atoms with Gasteiger partial charge in [0.15, 0.2) is 0 Å². The van der Waals surface area contributed by atoms with Crippen LogP contribution in [0.3, 0.4) is 0 Å². The van der Waals surface area contributed by atoms with E-state index in [9.17, 15) is 12.8 Å². The first-order chi connectivity index (χ1) is 12.9. The lowest BCUT2D eigenvalue weighted by Gasteiger charge is -2.20. The van der Waals surface area contributed by atoms with Gasteiger partial charge < -0.3 is 4.74 Å². The minimum absolute atomic E-state index is 0.222. The Morgan fingerprint density at radius 2 is 1.74 bits per heavy atom. The van der Waals surface area contributed by atoms with E-state index in [1.807, 2.05) is 6.07 Å². The fourth-order valence-electron chi connectivity index (χ4n) is 2.32. The van der Waals surface area contributed by atoms with Gasteiger partial charge in [0.2, 0.25) is 5.88 Å². The van der Waals surface area contributed by atoms with Crippen LogP contribution in [0.4, 0.5) is 10.1 Å². The van der Waals surface area contributed by atoms with E-state index in [2.05, 4.69) is 4.98 Å². The average molecular weight is 383 g/mol. The number of nitrogens with zero attached hydrogens (tertiary/aromatic N) is 3. The molecular formula is C19H14FN3O3S. The summed E-state index contributed by atoms with van der Waals surface area (Å²) in [6.07, 6.45) is 0. The largest absolute Gasteiger partial charge is 0.439 e. The molecule has 1 heterocycles.